The highest BCUT2D eigenvalue weighted by atomic mass is 19.0. The fraction of sp³-hybridized carbons (Fsp3) is 1.00. The normalized spacial score (nSPS) is 25.6. The predicted octanol–water partition coefficient (Wildman–Crippen LogP) is 1.60. The van der Waals surface area contributed by atoms with Crippen LogP contribution in [0.4, 0.5) is 4.70 Å². The van der Waals surface area contributed by atoms with Gasteiger partial charge in [0.25, 0.3) is 0 Å². The van der Waals surface area contributed by atoms with Crippen LogP contribution in [0.2, 0.25) is 0 Å². The van der Waals surface area contributed by atoms with Gasteiger partial charge in [-0.25, -0.2) is 0 Å². The van der Waals surface area contributed by atoms with Crippen LogP contribution in [0.5, 0.6) is 0 Å². The molecule has 0 bridgehead atoms. The van der Waals surface area contributed by atoms with Crippen LogP contribution in [0, 0.1) is 5.92 Å². The monoisotopic (exact) mass is 191 g/mol. The molecule has 2 aliphatic rings. The van der Waals surface area contributed by atoms with Gasteiger partial charge in [0.1, 0.15) is 0 Å². The van der Waals surface area contributed by atoms with E-state index in [9.17, 15) is 0 Å². The van der Waals surface area contributed by atoms with Crippen LogP contribution < -0.4 is 0 Å². The van der Waals surface area contributed by atoms with Crippen molar-refractivity contribution in [2.45, 2.75) is 45.1 Å². The first-order valence-electron chi connectivity index (χ1n) is 5.10. The number of hydrogen-bond acceptors (Lipinski definition) is 1. The number of nitrogens with zero attached hydrogens (tertiary/aromatic N) is 1. The van der Waals surface area contributed by atoms with E-state index in [4.69, 9.17) is 0 Å². The second kappa shape index (κ2) is 5.55. The molecule has 1 heterocycles. The molecule has 2 nitrogen and oxygen atoms in total. The van der Waals surface area contributed by atoms with Crippen molar-refractivity contribution in [2.24, 2.45) is 5.92 Å². The fourth-order valence-corrected chi connectivity index (χ4v) is 2.15. The molecule has 0 amide bonds. The minimum Gasteiger partial charge on any atom is -0.412 e. The smallest absolute Gasteiger partial charge is 0.00952 e. The van der Waals surface area contributed by atoms with E-state index in [1.54, 1.807) is 0 Å². The molecule has 0 radical (unpaired) electrons. The molecule has 0 unspecified atom stereocenters. The maximum atomic E-state index is 2.71. The molecule has 0 aromatic carbocycles. The Hall–Kier alpha value is -0.150. The lowest BCUT2D eigenvalue weighted by molar-refractivity contribution is 0.0883. The molecule has 80 valence electrons. The molecule has 1 saturated heterocycles. The number of likely N-dealkylation sites (tertiary alicyclic amines) is 1. The van der Waals surface area contributed by atoms with E-state index in [1.807, 2.05) is 0 Å². The van der Waals surface area contributed by atoms with Gasteiger partial charge in [-0.15, -0.1) is 0 Å². The Labute approximate surface area is 80.0 Å². The lowest BCUT2D eigenvalue weighted by Gasteiger charge is -2.41. The fourth-order valence-electron chi connectivity index (χ4n) is 2.15. The zero-order valence-electron chi connectivity index (χ0n) is 8.46. The lowest BCUT2D eigenvalue weighted by atomic mass is 9.88. The first kappa shape index (κ1) is 12.8. The first-order chi connectivity index (χ1) is 5.36. The second-order valence-corrected chi connectivity index (χ2v) is 4.30. The lowest BCUT2D eigenvalue weighted by Crippen LogP contribution is -2.44. The molecular formula is C10H22FNO. The summed E-state index contributed by atoms with van der Waals surface area (Å²) in [6, 6.07) is 0.988. The van der Waals surface area contributed by atoms with Crippen LogP contribution in [-0.4, -0.2) is 29.5 Å². The maximum Gasteiger partial charge on any atom is 0.00952 e. The highest BCUT2D eigenvalue weighted by Gasteiger charge is 2.27. The summed E-state index contributed by atoms with van der Waals surface area (Å²) < 4.78 is 0. The van der Waals surface area contributed by atoms with Gasteiger partial charge in [-0.2, -0.15) is 0 Å². The van der Waals surface area contributed by atoms with E-state index >= 15 is 0 Å². The van der Waals surface area contributed by atoms with E-state index in [2.05, 4.69) is 11.8 Å². The van der Waals surface area contributed by atoms with E-state index in [0.717, 1.165) is 12.0 Å². The molecule has 1 saturated carbocycles. The largest absolute Gasteiger partial charge is 0.412 e. The molecule has 2 fully saturated rings. The summed E-state index contributed by atoms with van der Waals surface area (Å²) >= 11 is 0. The van der Waals surface area contributed by atoms with Gasteiger partial charge in [0.15, 0.2) is 0 Å². The van der Waals surface area contributed by atoms with Crippen molar-refractivity contribution >= 4 is 0 Å². The van der Waals surface area contributed by atoms with Crippen LogP contribution >= 0.6 is 0 Å². The molecule has 2 N–H and O–H groups in total. The minimum atomic E-state index is 0. The van der Waals surface area contributed by atoms with Gasteiger partial charge in [-0.3, -0.25) is 4.70 Å². The number of rotatable bonds is 1. The molecule has 0 spiro atoms. The van der Waals surface area contributed by atoms with Gasteiger partial charge in [0.2, 0.25) is 0 Å². The molecule has 3 heteroatoms. The van der Waals surface area contributed by atoms with E-state index in [1.165, 1.54) is 45.2 Å². The van der Waals surface area contributed by atoms with Gasteiger partial charge >= 0.3 is 0 Å². The minimum absolute atomic E-state index is 0. The summed E-state index contributed by atoms with van der Waals surface area (Å²) in [5.41, 5.74) is 0. The highest BCUT2D eigenvalue weighted by molar-refractivity contribution is 4.82. The Morgan fingerprint density at radius 2 is 1.54 bits per heavy atom. The average molecular weight is 191 g/mol. The van der Waals surface area contributed by atoms with Gasteiger partial charge in [-0.1, -0.05) is 13.3 Å². The molecular weight excluding hydrogens is 169 g/mol. The Morgan fingerprint density at radius 3 is 1.92 bits per heavy atom. The van der Waals surface area contributed by atoms with Crippen molar-refractivity contribution in [1.29, 1.82) is 0 Å². The zero-order chi connectivity index (χ0) is 7.68. The Kier molecular flexibility index (Phi) is 5.49. The topological polar surface area (TPSA) is 34.7 Å². The van der Waals surface area contributed by atoms with Gasteiger partial charge < -0.3 is 10.4 Å². The van der Waals surface area contributed by atoms with E-state index < -0.39 is 0 Å². The van der Waals surface area contributed by atoms with Crippen molar-refractivity contribution < 1.29 is 10.2 Å². The second-order valence-electron chi connectivity index (χ2n) is 4.30. The summed E-state index contributed by atoms with van der Waals surface area (Å²) in [7, 11) is 0. The van der Waals surface area contributed by atoms with Gasteiger partial charge in [0.05, 0.1) is 0 Å². The molecule has 0 aromatic heterocycles. The molecule has 1 aliphatic heterocycles. The standard InChI is InChI=1S/C10H19N.FH.H2O/c1-9-5-7-11(8-6-9)10-3-2-4-10;;/h9-10H,2-8H2,1H3;1H;1H2. The molecule has 13 heavy (non-hydrogen) atoms. The SMILES string of the molecule is CC1CCN(C2CCC2)CC1.F.O. The number of piperidine rings is 1. The third-order valence-corrected chi connectivity index (χ3v) is 3.41. The van der Waals surface area contributed by atoms with E-state index in [-0.39, 0.29) is 10.2 Å². The Bertz CT molecular complexity index is 131. The van der Waals surface area contributed by atoms with E-state index in [0.29, 0.717) is 0 Å². The summed E-state index contributed by atoms with van der Waals surface area (Å²) in [6.45, 7) is 5.15. The molecule has 0 atom stereocenters. The summed E-state index contributed by atoms with van der Waals surface area (Å²) in [5.74, 6) is 0.992. The summed E-state index contributed by atoms with van der Waals surface area (Å²) in [4.78, 5) is 2.71. The third kappa shape index (κ3) is 2.92. The van der Waals surface area contributed by atoms with Crippen LogP contribution in [0.15, 0.2) is 0 Å². The van der Waals surface area contributed by atoms with Crippen molar-refractivity contribution in [2.75, 3.05) is 13.1 Å². The average Bonchev–Trinajstić information content (AvgIpc) is 1.90. The van der Waals surface area contributed by atoms with Crippen molar-refractivity contribution in [3.05, 3.63) is 0 Å². The Morgan fingerprint density at radius 1 is 1.00 bits per heavy atom. The summed E-state index contributed by atoms with van der Waals surface area (Å²) in [6.07, 6.45) is 7.33. The highest BCUT2D eigenvalue weighted by Crippen LogP contribution is 2.28. The molecule has 2 rings (SSSR count). The third-order valence-electron chi connectivity index (χ3n) is 3.41. The zero-order valence-corrected chi connectivity index (χ0v) is 8.46. The Balaban J connectivity index is 0.000000720. The number of halogens is 1. The van der Waals surface area contributed by atoms with Gasteiger partial charge in [-0.05, 0) is 44.7 Å². The van der Waals surface area contributed by atoms with Crippen LogP contribution in [0.1, 0.15) is 39.0 Å². The quantitative estimate of drug-likeness (QED) is 0.620. The van der Waals surface area contributed by atoms with Crippen molar-refractivity contribution in [3.63, 3.8) is 0 Å². The predicted molar refractivity (Wildman–Crippen MR) is 53.7 cm³/mol. The van der Waals surface area contributed by atoms with Gasteiger partial charge in [0, 0.05) is 6.04 Å². The van der Waals surface area contributed by atoms with Crippen LogP contribution in [-0.2, 0) is 0 Å². The molecule has 1 aliphatic carbocycles. The van der Waals surface area contributed by atoms with Crippen LogP contribution in [0.25, 0.3) is 0 Å². The number of hydrogen-bond donors (Lipinski definition) is 0. The van der Waals surface area contributed by atoms with Crippen molar-refractivity contribution in [1.82, 2.24) is 4.90 Å². The first-order valence-corrected chi connectivity index (χ1v) is 5.10. The van der Waals surface area contributed by atoms with Crippen LogP contribution in [0.3, 0.4) is 0 Å². The molecule has 0 aromatic rings. The van der Waals surface area contributed by atoms with Crippen molar-refractivity contribution in [3.8, 4) is 0 Å². The maximum absolute atomic E-state index is 2.71. The summed E-state index contributed by atoms with van der Waals surface area (Å²) in [5, 5.41) is 0.